The smallest absolute Gasteiger partial charge is 0.150 e. The molecule has 18 heavy (non-hydrogen) atoms. The minimum atomic E-state index is -3.06. The maximum absolute atomic E-state index is 13.4. The van der Waals surface area contributed by atoms with Gasteiger partial charge in [-0.3, -0.25) is 4.21 Å². The third-order valence-electron chi connectivity index (χ3n) is 2.43. The van der Waals surface area contributed by atoms with E-state index in [0.29, 0.717) is 0 Å². The van der Waals surface area contributed by atoms with Crippen LogP contribution in [-0.2, 0) is 20.6 Å². The van der Waals surface area contributed by atoms with E-state index >= 15 is 0 Å². The molecule has 1 rings (SSSR count). The van der Waals surface area contributed by atoms with Crippen molar-refractivity contribution < 1.29 is 17.0 Å². The Morgan fingerprint density at radius 1 is 1.39 bits per heavy atom. The quantitative estimate of drug-likeness (QED) is 0.803. The first-order valence-corrected chi connectivity index (χ1v) is 8.63. The van der Waals surface area contributed by atoms with Crippen LogP contribution >= 0.6 is 0 Å². The van der Waals surface area contributed by atoms with E-state index in [1.54, 1.807) is 6.92 Å². The molecule has 0 fully saturated rings. The van der Waals surface area contributed by atoms with Gasteiger partial charge in [0, 0.05) is 17.2 Å². The normalized spacial score (nSPS) is 13.4. The number of nitrogens with two attached hydrogens (primary N) is 1. The Morgan fingerprint density at radius 3 is 2.61 bits per heavy atom. The van der Waals surface area contributed by atoms with Crippen LogP contribution < -0.4 is 5.73 Å². The van der Waals surface area contributed by atoms with Gasteiger partial charge < -0.3 is 5.73 Å². The zero-order chi connectivity index (χ0) is 13.8. The van der Waals surface area contributed by atoms with Gasteiger partial charge in [0.2, 0.25) is 0 Å². The molecule has 0 heterocycles. The molecule has 2 N–H and O–H groups in total. The average Bonchev–Trinajstić information content (AvgIpc) is 2.28. The van der Waals surface area contributed by atoms with E-state index in [1.165, 1.54) is 12.1 Å². The number of anilines is 1. The molecule has 4 nitrogen and oxygen atoms in total. The zero-order valence-electron chi connectivity index (χ0n) is 10.1. The van der Waals surface area contributed by atoms with Gasteiger partial charge in [-0.15, -0.1) is 0 Å². The Bertz CT molecular complexity index is 543. The predicted molar refractivity (Wildman–Crippen MR) is 71.0 cm³/mol. The van der Waals surface area contributed by atoms with Crippen molar-refractivity contribution in [3.63, 3.8) is 0 Å². The van der Waals surface area contributed by atoms with E-state index in [0.717, 1.165) is 6.07 Å². The zero-order valence-corrected chi connectivity index (χ0v) is 11.7. The fourth-order valence-electron chi connectivity index (χ4n) is 1.37. The van der Waals surface area contributed by atoms with Crippen molar-refractivity contribution in [1.82, 2.24) is 0 Å². The third kappa shape index (κ3) is 4.38. The number of hydrogen-bond acceptors (Lipinski definition) is 4. The van der Waals surface area contributed by atoms with E-state index in [1.807, 2.05) is 0 Å². The lowest BCUT2D eigenvalue weighted by atomic mass is 10.3. The summed E-state index contributed by atoms with van der Waals surface area (Å²) in [6.07, 6.45) is 0.257. The fourth-order valence-corrected chi connectivity index (χ4v) is 3.54. The minimum absolute atomic E-state index is 0.0220. The number of halogens is 1. The molecule has 1 atom stereocenters. The van der Waals surface area contributed by atoms with Crippen LogP contribution in [0.1, 0.15) is 13.3 Å². The van der Waals surface area contributed by atoms with E-state index in [-0.39, 0.29) is 34.3 Å². The molecule has 0 aliphatic rings. The lowest BCUT2D eigenvalue weighted by Gasteiger charge is -2.05. The van der Waals surface area contributed by atoms with Crippen LogP contribution in [0.3, 0.4) is 0 Å². The summed E-state index contributed by atoms with van der Waals surface area (Å²) in [4.78, 5) is 0.0677. The highest BCUT2D eigenvalue weighted by atomic mass is 32.2. The largest absolute Gasteiger partial charge is 0.399 e. The molecule has 0 aromatic heterocycles. The number of nitrogen functional groups attached to an aromatic ring is 1. The molecule has 102 valence electrons. The van der Waals surface area contributed by atoms with E-state index < -0.39 is 26.5 Å². The summed E-state index contributed by atoms with van der Waals surface area (Å²) in [6.45, 7) is 1.56. The van der Waals surface area contributed by atoms with Crippen molar-refractivity contribution in [2.45, 2.75) is 18.2 Å². The van der Waals surface area contributed by atoms with Crippen molar-refractivity contribution in [1.29, 1.82) is 0 Å². The van der Waals surface area contributed by atoms with Gasteiger partial charge in [-0.25, -0.2) is 12.8 Å². The first-order chi connectivity index (χ1) is 8.35. The first-order valence-electron chi connectivity index (χ1n) is 5.49. The average molecular weight is 293 g/mol. The molecule has 0 amide bonds. The van der Waals surface area contributed by atoms with Crippen molar-refractivity contribution >= 4 is 26.3 Å². The second kappa shape index (κ2) is 6.29. The van der Waals surface area contributed by atoms with Crippen molar-refractivity contribution in [3.8, 4) is 0 Å². The van der Waals surface area contributed by atoms with E-state index in [9.17, 15) is 17.0 Å². The van der Waals surface area contributed by atoms with Gasteiger partial charge in [-0.1, -0.05) is 6.92 Å². The lowest BCUT2D eigenvalue weighted by Crippen LogP contribution is -2.12. The van der Waals surface area contributed by atoms with Gasteiger partial charge in [0.05, 0.1) is 21.4 Å². The maximum Gasteiger partial charge on any atom is 0.150 e. The summed E-state index contributed by atoms with van der Waals surface area (Å²) in [5, 5.41) is 0. The third-order valence-corrected chi connectivity index (χ3v) is 5.70. The topological polar surface area (TPSA) is 77.2 Å². The summed E-state index contributed by atoms with van der Waals surface area (Å²) in [6, 6.07) is 3.95. The van der Waals surface area contributed by atoms with Crippen molar-refractivity contribution in [2.75, 3.05) is 23.0 Å². The minimum Gasteiger partial charge on any atom is -0.399 e. The maximum atomic E-state index is 13.4. The monoisotopic (exact) mass is 293 g/mol. The molecule has 1 aromatic carbocycles. The molecule has 0 radical (unpaired) electrons. The molecule has 0 bridgehead atoms. The summed E-state index contributed by atoms with van der Waals surface area (Å²) in [5.41, 5.74) is 5.65. The highest BCUT2D eigenvalue weighted by Gasteiger charge is 2.12. The van der Waals surface area contributed by atoms with E-state index in [4.69, 9.17) is 5.73 Å². The molecular weight excluding hydrogens is 277 g/mol. The molecule has 0 saturated carbocycles. The van der Waals surface area contributed by atoms with Gasteiger partial charge in [0.1, 0.15) is 15.7 Å². The Kier molecular flexibility index (Phi) is 5.28. The molecule has 0 spiro atoms. The molecule has 1 unspecified atom stereocenters. The summed E-state index contributed by atoms with van der Waals surface area (Å²) in [7, 11) is -4.60. The van der Waals surface area contributed by atoms with Crippen LogP contribution in [0.2, 0.25) is 0 Å². The number of rotatable bonds is 6. The van der Waals surface area contributed by atoms with Crippen molar-refractivity contribution in [2.24, 2.45) is 0 Å². The van der Waals surface area contributed by atoms with Crippen LogP contribution in [0.15, 0.2) is 23.1 Å². The predicted octanol–water partition coefficient (Wildman–Crippen LogP) is 1.34. The molecule has 7 heteroatoms. The van der Waals surface area contributed by atoms with Crippen LogP contribution in [0.25, 0.3) is 0 Å². The van der Waals surface area contributed by atoms with Crippen LogP contribution in [0.4, 0.5) is 10.1 Å². The lowest BCUT2D eigenvalue weighted by molar-refractivity contribution is 0.594. The molecular formula is C11H16FNO3S2. The Morgan fingerprint density at radius 2 is 2.06 bits per heavy atom. The van der Waals surface area contributed by atoms with Crippen molar-refractivity contribution in [3.05, 3.63) is 24.0 Å². The first kappa shape index (κ1) is 15.1. The molecule has 0 aliphatic heterocycles. The number of sulfone groups is 1. The Hall–Kier alpha value is -0.950. The Labute approximate surface area is 109 Å². The fraction of sp³-hybridized carbons (Fsp3) is 0.455. The number of hydrogen-bond donors (Lipinski definition) is 1. The van der Waals surface area contributed by atoms with Crippen LogP contribution in [-0.4, -0.2) is 29.9 Å². The van der Waals surface area contributed by atoms with Gasteiger partial charge >= 0.3 is 0 Å². The second-order valence-electron chi connectivity index (χ2n) is 3.83. The summed E-state index contributed by atoms with van der Waals surface area (Å²) in [5.74, 6) is -0.450. The van der Waals surface area contributed by atoms with Gasteiger partial charge in [0.15, 0.2) is 0 Å². The van der Waals surface area contributed by atoms with Gasteiger partial charge in [-0.2, -0.15) is 0 Å². The van der Waals surface area contributed by atoms with Crippen LogP contribution in [0.5, 0.6) is 0 Å². The van der Waals surface area contributed by atoms with Crippen LogP contribution in [0, 0.1) is 5.82 Å². The van der Waals surface area contributed by atoms with Gasteiger partial charge in [0.25, 0.3) is 0 Å². The standard InChI is InChI=1S/C11H16FNO3S2/c1-2-18(15,16)7-3-6-17(14)11-5-4-9(13)8-10(11)12/h4-5,8H,2-3,6-7,13H2,1H3. The molecule has 0 aliphatic carbocycles. The highest BCUT2D eigenvalue weighted by molar-refractivity contribution is 7.91. The highest BCUT2D eigenvalue weighted by Crippen LogP contribution is 2.16. The molecule has 0 saturated heterocycles. The Balaban J connectivity index is 2.61. The van der Waals surface area contributed by atoms with E-state index in [2.05, 4.69) is 0 Å². The SMILES string of the molecule is CCS(=O)(=O)CCCS(=O)c1ccc(N)cc1F. The molecule has 1 aromatic rings. The second-order valence-corrected chi connectivity index (χ2v) is 7.84. The number of benzene rings is 1. The summed E-state index contributed by atoms with van der Waals surface area (Å²) < 4.78 is 47.7. The van der Waals surface area contributed by atoms with Gasteiger partial charge in [-0.05, 0) is 24.6 Å². The summed E-state index contributed by atoms with van der Waals surface area (Å²) >= 11 is 0.